The van der Waals surface area contributed by atoms with Crippen molar-refractivity contribution in [1.29, 1.82) is 0 Å². The van der Waals surface area contributed by atoms with Crippen LogP contribution in [0.4, 0.5) is 0 Å². The Morgan fingerprint density at radius 3 is 1.95 bits per heavy atom. The minimum atomic E-state index is -3.24. The lowest BCUT2D eigenvalue weighted by Gasteiger charge is -2.17. The number of hydrogen-bond donors (Lipinski definition) is 0. The molecule has 0 amide bonds. The number of hydrogen-bond acceptors (Lipinski definition) is 3. The van der Waals surface area contributed by atoms with Crippen molar-refractivity contribution in [3.05, 3.63) is 71.8 Å². The Hall–Kier alpha value is -1.12. The zero-order chi connectivity index (χ0) is 14.3. The molecule has 0 aliphatic heterocycles. The number of benzene rings is 2. The van der Waals surface area contributed by atoms with E-state index in [0.29, 0.717) is 0 Å². The molecule has 1 unspecified atom stereocenters. The fraction of sp³-hybridized carbons (Fsp3) is 0.200. The van der Waals surface area contributed by atoms with Gasteiger partial charge in [0.2, 0.25) is 0 Å². The van der Waals surface area contributed by atoms with Crippen LogP contribution < -0.4 is 0 Å². The standard InChI is InChI=1S/C15H16ClO3P/c16-13-19-20(17,12-15-9-5-2-6-10-15)18-11-14-7-3-1-4-8-14/h1-10H,11-13H2. The number of rotatable bonds is 7. The fourth-order valence-electron chi connectivity index (χ4n) is 1.76. The lowest BCUT2D eigenvalue weighted by molar-refractivity contribution is 0.217. The molecular formula is C15H16ClO3P. The van der Waals surface area contributed by atoms with Crippen molar-refractivity contribution < 1.29 is 13.6 Å². The van der Waals surface area contributed by atoms with E-state index in [1.54, 1.807) is 0 Å². The van der Waals surface area contributed by atoms with E-state index in [2.05, 4.69) is 0 Å². The predicted molar refractivity (Wildman–Crippen MR) is 80.8 cm³/mol. The highest BCUT2D eigenvalue weighted by Crippen LogP contribution is 2.52. The Morgan fingerprint density at radius 1 is 0.850 bits per heavy atom. The molecule has 20 heavy (non-hydrogen) atoms. The average molecular weight is 311 g/mol. The molecule has 0 spiro atoms. The first-order valence-corrected chi connectivity index (χ1v) is 8.50. The predicted octanol–water partition coefficient (Wildman–Crippen LogP) is 4.81. The van der Waals surface area contributed by atoms with Gasteiger partial charge in [0.15, 0.2) is 0 Å². The van der Waals surface area contributed by atoms with Crippen molar-refractivity contribution in [1.82, 2.24) is 0 Å². The highest BCUT2D eigenvalue weighted by atomic mass is 35.5. The van der Waals surface area contributed by atoms with Gasteiger partial charge in [0, 0.05) is 0 Å². The molecule has 3 nitrogen and oxygen atoms in total. The highest BCUT2D eigenvalue weighted by molar-refractivity contribution is 7.53. The molecular weight excluding hydrogens is 295 g/mol. The topological polar surface area (TPSA) is 35.5 Å². The van der Waals surface area contributed by atoms with Gasteiger partial charge in [-0.1, -0.05) is 72.3 Å². The molecule has 0 radical (unpaired) electrons. The van der Waals surface area contributed by atoms with Crippen molar-refractivity contribution in [2.24, 2.45) is 0 Å². The molecule has 2 rings (SSSR count). The molecule has 5 heteroatoms. The molecule has 0 saturated heterocycles. The molecule has 0 saturated carbocycles. The summed E-state index contributed by atoms with van der Waals surface area (Å²) in [5, 5.41) is 0. The molecule has 0 fully saturated rings. The maximum atomic E-state index is 12.6. The Labute approximate surface area is 124 Å². The van der Waals surface area contributed by atoms with Gasteiger partial charge in [-0.2, -0.15) is 0 Å². The first-order chi connectivity index (χ1) is 9.72. The van der Waals surface area contributed by atoms with Crippen LogP contribution in [0.15, 0.2) is 60.7 Å². The Kier molecular flexibility index (Phi) is 5.81. The van der Waals surface area contributed by atoms with Gasteiger partial charge in [-0.05, 0) is 11.1 Å². The number of alkyl halides is 1. The van der Waals surface area contributed by atoms with Crippen LogP contribution in [0.2, 0.25) is 0 Å². The van der Waals surface area contributed by atoms with Crippen molar-refractivity contribution in [2.75, 3.05) is 6.07 Å². The van der Waals surface area contributed by atoms with E-state index in [4.69, 9.17) is 20.6 Å². The second kappa shape index (κ2) is 7.61. The van der Waals surface area contributed by atoms with Crippen molar-refractivity contribution in [3.8, 4) is 0 Å². The number of halogens is 1. The van der Waals surface area contributed by atoms with Crippen LogP contribution in [-0.2, 0) is 26.4 Å². The summed E-state index contributed by atoms with van der Waals surface area (Å²) in [5.74, 6) is 0. The van der Waals surface area contributed by atoms with E-state index in [-0.39, 0.29) is 18.8 Å². The monoisotopic (exact) mass is 310 g/mol. The van der Waals surface area contributed by atoms with E-state index in [1.807, 2.05) is 60.7 Å². The summed E-state index contributed by atoms with van der Waals surface area (Å²) in [7, 11) is -3.24. The van der Waals surface area contributed by atoms with Crippen LogP contribution in [0.1, 0.15) is 11.1 Å². The second-order valence-corrected chi connectivity index (χ2v) is 6.52. The van der Waals surface area contributed by atoms with E-state index in [1.165, 1.54) is 0 Å². The molecule has 2 aromatic rings. The van der Waals surface area contributed by atoms with Crippen LogP contribution >= 0.6 is 19.2 Å². The third kappa shape index (κ3) is 4.77. The van der Waals surface area contributed by atoms with Crippen LogP contribution in [-0.4, -0.2) is 6.07 Å². The SMILES string of the molecule is O=P(Cc1ccccc1)(OCCl)OCc1ccccc1. The summed E-state index contributed by atoms with van der Waals surface area (Å²) in [4.78, 5) is 0. The fourth-order valence-corrected chi connectivity index (χ4v) is 3.61. The minimum Gasteiger partial charge on any atom is -0.303 e. The maximum Gasteiger partial charge on any atom is 0.336 e. The summed E-state index contributed by atoms with van der Waals surface area (Å²) >= 11 is 5.56. The summed E-state index contributed by atoms with van der Waals surface area (Å²) in [6.45, 7) is 0.238. The van der Waals surface area contributed by atoms with E-state index >= 15 is 0 Å². The zero-order valence-corrected chi connectivity index (χ0v) is 12.6. The van der Waals surface area contributed by atoms with Crippen molar-refractivity contribution >= 4 is 19.2 Å². The van der Waals surface area contributed by atoms with Crippen molar-refractivity contribution in [3.63, 3.8) is 0 Å². The molecule has 0 N–H and O–H groups in total. The Balaban J connectivity index is 2.03. The van der Waals surface area contributed by atoms with Gasteiger partial charge in [-0.15, -0.1) is 0 Å². The lowest BCUT2D eigenvalue weighted by atomic mass is 10.2. The normalized spacial score (nSPS) is 13.8. The molecule has 1 atom stereocenters. The van der Waals surface area contributed by atoms with E-state index in [0.717, 1.165) is 11.1 Å². The van der Waals surface area contributed by atoms with Gasteiger partial charge in [0.05, 0.1) is 12.8 Å². The first-order valence-electron chi connectivity index (χ1n) is 6.24. The van der Waals surface area contributed by atoms with Crippen LogP contribution in [0.5, 0.6) is 0 Å². The van der Waals surface area contributed by atoms with Crippen molar-refractivity contribution in [2.45, 2.75) is 12.8 Å². The van der Waals surface area contributed by atoms with E-state index < -0.39 is 7.60 Å². The zero-order valence-electron chi connectivity index (χ0n) is 10.9. The van der Waals surface area contributed by atoms with E-state index in [9.17, 15) is 4.57 Å². The van der Waals surface area contributed by atoms with Gasteiger partial charge < -0.3 is 4.52 Å². The highest BCUT2D eigenvalue weighted by Gasteiger charge is 2.25. The molecule has 0 aliphatic carbocycles. The third-order valence-electron chi connectivity index (χ3n) is 2.74. The second-order valence-electron chi connectivity index (χ2n) is 4.25. The Morgan fingerprint density at radius 2 is 1.40 bits per heavy atom. The minimum absolute atomic E-state index is 0.154. The summed E-state index contributed by atoms with van der Waals surface area (Å²) in [5.41, 5.74) is 1.84. The molecule has 0 heterocycles. The molecule has 0 aromatic heterocycles. The summed E-state index contributed by atoms with van der Waals surface area (Å²) in [6, 6.07) is 18.8. The average Bonchev–Trinajstić information content (AvgIpc) is 2.48. The van der Waals surface area contributed by atoms with Crippen LogP contribution in [0.25, 0.3) is 0 Å². The Bertz CT molecular complexity index is 560. The molecule has 2 aromatic carbocycles. The molecule has 106 valence electrons. The van der Waals surface area contributed by atoms with Gasteiger partial charge in [0.1, 0.15) is 6.07 Å². The quantitative estimate of drug-likeness (QED) is 0.544. The van der Waals surface area contributed by atoms with Gasteiger partial charge in [0.25, 0.3) is 0 Å². The summed E-state index contributed by atoms with van der Waals surface area (Å²) in [6.07, 6.45) is 0.216. The molecule has 0 aliphatic rings. The third-order valence-corrected chi connectivity index (χ3v) is 4.79. The lowest BCUT2D eigenvalue weighted by Crippen LogP contribution is -1.99. The van der Waals surface area contributed by atoms with Gasteiger partial charge in [-0.25, -0.2) is 0 Å². The van der Waals surface area contributed by atoms with Crippen LogP contribution in [0, 0.1) is 0 Å². The largest absolute Gasteiger partial charge is 0.336 e. The smallest absolute Gasteiger partial charge is 0.303 e. The van der Waals surface area contributed by atoms with Crippen LogP contribution in [0.3, 0.4) is 0 Å². The first kappa shape index (κ1) is 15.3. The van der Waals surface area contributed by atoms with Gasteiger partial charge in [-0.3, -0.25) is 9.09 Å². The maximum absolute atomic E-state index is 12.6. The summed E-state index contributed by atoms with van der Waals surface area (Å²) < 4.78 is 23.3. The van der Waals surface area contributed by atoms with Gasteiger partial charge >= 0.3 is 7.60 Å². The molecule has 0 bridgehead atoms.